The minimum absolute atomic E-state index is 0.0604. The molecule has 19 heavy (non-hydrogen) atoms. The minimum Gasteiger partial charge on any atom is -0.481 e. The van der Waals surface area contributed by atoms with Gasteiger partial charge in [-0.15, -0.1) is 0 Å². The van der Waals surface area contributed by atoms with Gasteiger partial charge in [-0.25, -0.2) is 0 Å². The molecule has 0 aliphatic heterocycles. The molecule has 1 aromatic carbocycles. The molecular formula is C13H15N3O3. The second-order valence-corrected chi connectivity index (χ2v) is 4.15. The summed E-state index contributed by atoms with van der Waals surface area (Å²) in [6.45, 7) is 1.47. The van der Waals surface area contributed by atoms with Crippen LogP contribution in [-0.2, 0) is 24.2 Å². The smallest absolute Gasteiger partial charge is 0.307 e. The Hall–Kier alpha value is -2.21. The van der Waals surface area contributed by atoms with E-state index < -0.39 is 5.97 Å². The van der Waals surface area contributed by atoms with Crippen LogP contribution >= 0.6 is 0 Å². The van der Waals surface area contributed by atoms with Gasteiger partial charge < -0.3 is 14.9 Å². The Morgan fingerprint density at radius 3 is 2.63 bits per heavy atom. The molecule has 0 atom stereocenters. The number of rotatable bonds is 7. The number of carboxylic acid groups (broad SMARTS) is 1. The number of benzene rings is 1. The van der Waals surface area contributed by atoms with Gasteiger partial charge in [-0.05, 0) is 11.1 Å². The van der Waals surface area contributed by atoms with Gasteiger partial charge in [0, 0.05) is 19.5 Å². The summed E-state index contributed by atoms with van der Waals surface area (Å²) < 4.78 is 4.88. The van der Waals surface area contributed by atoms with Gasteiger partial charge in [0.1, 0.15) is 0 Å². The molecule has 0 unspecified atom stereocenters. The van der Waals surface area contributed by atoms with E-state index in [1.165, 1.54) is 6.33 Å². The zero-order valence-electron chi connectivity index (χ0n) is 10.4. The quantitative estimate of drug-likeness (QED) is 0.724. The molecule has 0 saturated heterocycles. The monoisotopic (exact) mass is 261 g/mol. The van der Waals surface area contributed by atoms with Crippen molar-refractivity contribution in [2.45, 2.75) is 19.4 Å². The highest BCUT2D eigenvalue weighted by molar-refractivity contribution is 5.70. The second kappa shape index (κ2) is 6.65. The predicted molar refractivity (Wildman–Crippen MR) is 67.5 cm³/mol. The summed E-state index contributed by atoms with van der Waals surface area (Å²) in [6.07, 6.45) is 2.14. The van der Waals surface area contributed by atoms with Gasteiger partial charge in [0.05, 0.1) is 6.42 Å². The van der Waals surface area contributed by atoms with Crippen molar-refractivity contribution in [2.75, 3.05) is 6.54 Å². The maximum atomic E-state index is 10.5. The van der Waals surface area contributed by atoms with Gasteiger partial charge in [0.2, 0.25) is 5.89 Å². The van der Waals surface area contributed by atoms with Crippen LogP contribution in [0.15, 0.2) is 35.1 Å². The Morgan fingerprint density at radius 1 is 1.26 bits per heavy atom. The fraction of sp³-hybridized carbons (Fsp3) is 0.308. The number of carboxylic acids is 1. The average Bonchev–Trinajstić information content (AvgIpc) is 2.89. The molecule has 2 aromatic rings. The largest absolute Gasteiger partial charge is 0.481 e. The van der Waals surface area contributed by atoms with E-state index in [2.05, 4.69) is 15.5 Å². The number of hydrogen-bond donors (Lipinski definition) is 2. The Kier molecular flexibility index (Phi) is 4.63. The van der Waals surface area contributed by atoms with Crippen LogP contribution in [0.3, 0.4) is 0 Å². The third kappa shape index (κ3) is 4.51. The first-order chi connectivity index (χ1) is 9.24. The topological polar surface area (TPSA) is 88.2 Å². The zero-order chi connectivity index (χ0) is 13.5. The standard InChI is InChI=1S/C13H15N3O3/c17-13(18)7-10-1-3-11(4-2-10)8-14-6-5-12-15-9-16-19-12/h1-4,9,14H,5-8H2,(H,17,18). The van der Waals surface area contributed by atoms with Gasteiger partial charge in [0.15, 0.2) is 6.33 Å². The maximum absolute atomic E-state index is 10.5. The first-order valence-electron chi connectivity index (χ1n) is 6.00. The lowest BCUT2D eigenvalue weighted by Crippen LogP contribution is -2.16. The highest BCUT2D eigenvalue weighted by Gasteiger charge is 2.01. The molecule has 1 aromatic heterocycles. The highest BCUT2D eigenvalue weighted by Crippen LogP contribution is 2.05. The fourth-order valence-corrected chi connectivity index (χ4v) is 1.68. The van der Waals surface area contributed by atoms with Crippen molar-refractivity contribution in [1.82, 2.24) is 15.5 Å². The first kappa shape index (κ1) is 13.2. The molecule has 0 radical (unpaired) electrons. The van der Waals surface area contributed by atoms with Crippen molar-refractivity contribution >= 4 is 5.97 Å². The lowest BCUT2D eigenvalue weighted by Gasteiger charge is -2.04. The molecule has 1 heterocycles. The Balaban J connectivity index is 1.72. The number of nitrogens with zero attached hydrogens (tertiary/aromatic N) is 2. The summed E-state index contributed by atoms with van der Waals surface area (Å²) in [6, 6.07) is 7.53. The van der Waals surface area contributed by atoms with E-state index in [0.717, 1.165) is 24.2 Å². The lowest BCUT2D eigenvalue weighted by molar-refractivity contribution is -0.136. The van der Waals surface area contributed by atoms with Gasteiger partial charge in [-0.1, -0.05) is 29.4 Å². The molecule has 2 rings (SSSR count). The Bertz CT molecular complexity index is 508. The van der Waals surface area contributed by atoms with Crippen molar-refractivity contribution in [3.05, 3.63) is 47.6 Å². The van der Waals surface area contributed by atoms with E-state index in [1.54, 1.807) is 0 Å². The molecule has 6 heteroatoms. The van der Waals surface area contributed by atoms with Crippen molar-refractivity contribution in [3.63, 3.8) is 0 Å². The maximum Gasteiger partial charge on any atom is 0.307 e. The first-order valence-corrected chi connectivity index (χ1v) is 6.00. The van der Waals surface area contributed by atoms with Crippen LogP contribution in [-0.4, -0.2) is 27.8 Å². The molecule has 0 saturated carbocycles. The SMILES string of the molecule is O=C(O)Cc1ccc(CNCCc2ncno2)cc1. The molecular weight excluding hydrogens is 246 g/mol. The van der Waals surface area contributed by atoms with E-state index >= 15 is 0 Å². The lowest BCUT2D eigenvalue weighted by atomic mass is 10.1. The molecule has 6 nitrogen and oxygen atoms in total. The third-order valence-corrected chi connectivity index (χ3v) is 2.63. The average molecular weight is 261 g/mol. The number of aromatic nitrogens is 2. The minimum atomic E-state index is -0.814. The van der Waals surface area contributed by atoms with Gasteiger partial charge in [-0.3, -0.25) is 4.79 Å². The Labute approximate surface area is 110 Å². The number of hydrogen-bond acceptors (Lipinski definition) is 5. The summed E-state index contributed by atoms with van der Waals surface area (Å²) >= 11 is 0. The van der Waals surface area contributed by atoms with E-state index in [1.807, 2.05) is 24.3 Å². The summed E-state index contributed by atoms with van der Waals surface area (Å²) in [7, 11) is 0. The van der Waals surface area contributed by atoms with Crippen LogP contribution in [0.1, 0.15) is 17.0 Å². The molecule has 0 bridgehead atoms. The van der Waals surface area contributed by atoms with Crippen molar-refractivity contribution in [3.8, 4) is 0 Å². The molecule has 0 aliphatic carbocycles. The predicted octanol–water partition coefficient (Wildman–Crippen LogP) is 1.03. The summed E-state index contributed by atoms with van der Waals surface area (Å²) in [5.74, 6) is -0.199. The van der Waals surface area contributed by atoms with E-state index in [-0.39, 0.29) is 6.42 Å². The Morgan fingerprint density at radius 2 is 2.00 bits per heavy atom. The molecule has 0 fully saturated rings. The number of carbonyl (C=O) groups is 1. The molecule has 2 N–H and O–H groups in total. The van der Waals surface area contributed by atoms with Gasteiger partial charge in [-0.2, -0.15) is 4.98 Å². The molecule has 0 aliphatic rings. The van der Waals surface area contributed by atoms with E-state index in [0.29, 0.717) is 12.3 Å². The van der Waals surface area contributed by atoms with Crippen molar-refractivity contribution < 1.29 is 14.4 Å². The van der Waals surface area contributed by atoms with Crippen molar-refractivity contribution in [2.24, 2.45) is 0 Å². The normalized spacial score (nSPS) is 10.5. The third-order valence-electron chi connectivity index (χ3n) is 2.63. The fourth-order valence-electron chi connectivity index (χ4n) is 1.68. The van der Waals surface area contributed by atoms with Crippen LogP contribution in [0.25, 0.3) is 0 Å². The van der Waals surface area contributed by atoms with Gasteiger partial charge >= 0.3 is 5.97 Å². The van der Waals surface area contributed by atoms with Crippen LogP contribution in [0.5, 0.6) is 0 Å². The van der Waals surface area contributed by atoms with Gasteiger partial charge in [0.25, 0.3) is 0 Å². The summed E-state index contributed by atoms with van der Waals surface area (Å²) in [4.78, 5) is 14.5. The van der Waals surface area contributed by atoms with E-state index in [9.17, 15) is 4.79 Å². The number of nitrogens with one attached hydrogen (secondary N) is 1. The van der Waals surface area contributed by atoms with E-state index in [4.69, 9.17) is 9.63 Å². The zero-order valence-corrected chi connectivity index (χ0v) is 10.4. The van der Waals surface area contributed by atoms with Crippen LogP contribution in [0, 0.1) is 0 Å². The second-order valence-electron chi connectivity index (χ2n) is 4.15. The summed E-state index contributed by atoms with van der Waals surface area (Å²) in [5, 5.41) is 15.5. The molecule has 0 amide bonds. The number of aliphatic carboxylic acids is 1. The van der Waals surface area contributed by atoms with Crippen LogP contribution in [0.4, 0.5) is 0 Å². The van der Waals surface area contributed by atoms with Crippen LogP contribution in [0.2, 0.25) is 0 Å². The molecule has 0 spiro atoms. The highest BCUT2D eigenvalue weighted by atomic mass is 16.5. The summed E-state index contributed by atoms with van der Waals surface area (Å²) in [5.41, 5.74) is 1.92. The molecule has 100 valence electrons. The van der Waals surface area contributed by atoms with Crippen LogP contribution < -0.4 is 5.32 Å². The van der Waals surface area contributed by atoms with Crippen molar-refractivity contribution in [1.29, 1.82) is 0 Å².